The number of carbonyl (C=O) groups excluding carboxylic acids is 2. The van der Waals surface area contributed by atoms with Crippen LogP contribution in [0.5, 0.6) is 0 Å². The predicted molar refractivity (Wildman–Crippen MR) is 64.3 cm³/mol. The van der Waals surface area contributed by atoms with Crippen LogP contribution in [0.25, 0.3) is 0 Å². The Hall–Kier alpha value is 0.444. The van der Waals surface area contributed by atoms with E-state index in [4.69, 9.17) is 0 Å². The van der Waals surface area contributed by atoms with Crippen LogP contribution in [-0.2, 0) is 42.3 Å². The molecule has 0 spiro atoms. The van der Waals surface area contributed by atoms with Gasteiger partial charge in [-0.2, -0.15) is 6.42 Å². The number of rotatable bonds is 5. The molecular formula is C13H24O2Y-2. The third-order valence-corrected chi connectivity index (χ3v) is 1.96. The van der Waals surface area contributed by atoms with Crippen molar-refractivity contribution in [1.82, 2.24) is 0 Å². The van der Waals surface area contributed by atoms with E-state index in [0.717, 1.165) is 6.42 Å². The summed E-state index contributed by atoms with van der Waals surface area (Å²) in [7, 11) is 0. The molecule has 0 bridgehead atoms. The van der Waals surface area contributed by atoms with Crippen LogP contribution in [0.3, 0.4) is 0 Å². The van der Waals surface area contributed by atoms with Gasteiger partial charge in [0.25, 0.3) is 0 Å². The first-order valence-corrected chi connectivity index (χ1v) is 5.50. The maximum absolute atomic E-state index is 10.7. The van der Waals surface area contributed by atoms with Crippen molar-refractivity contribution in [3.63, 3.8) is 0 Å². The maximum Gasteiger partial charge on any atom is 0.132 e. The molecule has 93 valence electrons. The van der Waals surface area contributed by atoms with Gasteiger partial charge in [-0.1, -0.05) is 27.7 Å². The minimum atomic E-state index is 0. The Bertz CT molecular complexity index is 186. The van der Waals surface area contributed by atoms with Crippen LogP contribution in [0.15, 0.2) is 0 Å². The number of hydrogen-bond acceptors (Lipinski definition) is 2. The van der Waals surface area contributed by atoms with E-state index in [1.165, 1.54) is 0 Å². The molecule has 2 nitrogen and oxygen atoms in total. The summed E-state index contributed by atoms with van der Waals surface area (Å²) in [5.74, 6) is 0.911. The van der Waals surface area contributed by atoms with Crippen molar-refractivity contribution in [3.05, 3.63) is 13.8 Å². The molecule has 0 heterocycles. The van der Waals surface area contributed by atoms with E-state index in [9.17, 15) is 9.59 Å². The van der Waals surface area contributed by atoms with Crippen molar-refractivity contribution in [2.45, 2.75) is 47.0 Å². The molecule has 0 aliphatic carbocycles. The smallest absolute Gasteiger partial charge is 0.132 e. The van der Waals surface area contributed by atoms with Crippen molar-refractivity contribution in [3.8, 4) is 0 Å². The van der Waals surface area contributed by atoms with Gasteiger partial charge >= 0.3 is 0 Å². The predicted octanol–water partition coefficient (Wildman–Crippen LogP) is 3.26. The average Bonchev–Trinajstić information content (AvgIpc) is 2.17. The van der Waals surface area contributed by atoms with Crippen LogP contribution in [0.2, 0.25) is 0 Å². The molecule has 0 aromatic carbocycles. The fourth-order valence-electron chi connectivity index (χ4n) is 0.752. The summed E-state index contributed by atoms with van der Waals surface area (Å²) in [6.07, 6.45) is 1.80. The average molecular weight is 301 g/mol. The Labute approximate surface area is 126 Å². The summed E-state index contributed by atoms with van der Waals surface area (Å²) < 4.78 is 0. The Morgan fingerprint density at radius 1 is 0.938 bits per heavy atom. The van der Waals surface area contributed by atoms with Gasteiger partial charge < -0.3 is 18.6 Å². The zero-order valence-corrected chi connectivity index (χ0v) is 13.9. The molecule has 0 fully saturated rings. The summed E-state index contributed by atoms with van der Waals surface area (Å²) in [5.41, 5.74) is 0. The Balaban J connectivity index is -0.000000200. The zero-order chi connectivity index (χ0) is 12.4. The van der Waals surface area contributed by atoms with Crippen molar-refractivity contribution in [2.24, 2.45) is 11.8 Å². The van der Waals surface area contributed by atoms with Gasteiger partial charge in [-0.3, -0.25) is 4.79 Å². The molecule has 0 aromatic rings. The molecule has 1 radical (unpaired) electrons. The SMILES string of the molecule is [CH2-]CC(=O)C(C)C.[CH2-]CCC(=O)C(C)C.[Y]. The van der Waals surface area contributed by atoms with Crippen LogP contribution in [-0.4, -0.2) is 11.6 Å². The topological polar surface area (TPSA) is 34.1 Å². The van der Waals surface area contributed by atoms with Crippen LogP contribution in [0.1, 0.15) is 47.0 Å². The summed E-state index contributed by atoms with van der Waals surface area (Å²) in [4.78, 5) is 21.2. The first-order chi connectivity index (χ1) is 6.86. The van der Waals surface area contributed by atoms with E-state index in [1.807, 2.05) is 27.7 Å². The zero-order valence-electron chi connectivity index (χ0n) is 11.1. The second-order valence-corrected chi connectivity index (χ2v) is 4.10. The minimum absolute atomic E-state index is 0. The summed E-state index contributed by atoms with van der Waals surface area (Å²) in [5, 5.41) is 0. The van der Waals surface area contributed by atoms with Crippen LogP contribution in [0.4, 0.5) is 0 Å². The summed E-state index contributed by atoms with van der Waals surface area (Å²) in [6.45, 7) is 14.6. The number of carbonyl (C=O) groups is 2. The molecule has 0 saturated heterocycles. The van der Waals surface area contributed by atoms with Crippen LogP contribution in [0, 0.1) is 25.7 Å². The van der Waals surface area contributed by atoms with Gasteiger partial charge in [-0.15, -0.1) is 6.42 Å². The second-order valence-electron chi connectivity index (χ2n) is 4.10. The van der Waals surface area contributed by atoms with Crippen molar-refractivity contribution in [2.75, 3.05) is 0 Å². The fourth-order valence-corrected chi connectivity index (χ4v) is 0.752. The number of hydrogen-bond donors (Lipinski definition) is 0. The summed E-state index contributed by atoms with van der Waals surface area (Å²) >= 11 is 0. The van der Waals surface area contributed by atoms with Crippen LogP contribution >= 0.6 is 0 Å². The summed E-state index contributed by atoms with van der Waals surface area (Å²) in [6, 6.07) is 0. The van der Waals surface area contributed by atoms with E-state index in [0.29, 0.717) is 18.6 Å². The molecule has 0 amide bonds. The molecule has 3 heteroatoms. The molecule has 0 aliphatic rings. The molecule has 16 heavy (non-hydrogen) atoms. The van der Waals surface area contributed by atoms with Gasteiger partial charge in [0, 0.05) is 44.5 Å². The first-order valence-electron chi connectivity index (χ1n) is 5.50. The van der Waals surface area contributed by atoms with Crippen LogP contribution < -0.4 is 0 Å². The molecule has 0 rings (SSSR count). The Morgan fingerprint density at radius 3 is 1.38 bits per heavy atom. The largest absolute Gasteiger partial charge is 0.343 e. The van der Waals surface area contributed by atoms with Gasteiger partial charge in [0.15, 0.2) is 0 Å². The molecular weight excluding hydrogens is 277 g/mol. The van der Waals surface area contributed by atoms with Gasteiger partial charge in [0.2, 0.25) is 0 Å². The molecule has 0 N–H and O–H groups in total. The third-order valence-electron chi connectivity index (χ3n) is 1.96. The maximum atomic E-state index is 10.7. The molecule has 0 saturated carbocycles. The van der Waals surface area contributed by atoms with E-state index in [-0.39, 0.29) is 50.3 Å². The fraction of sp³-hybridized carbons (Fsp3) is 0.692. The van der Waals surface area contributed by atoms with E-state index in [1.54, 1.807) is 0 Å². The molecule has 0 unspecified atom stereocenters. The molecule has 0 aliphatic heterocycles. The Morgan fingerprint density at radius 2 is 1.31 bits per heavy atom. The first kappa shape index (κ1) is 21.7. The van der Waals surface area contributed by atoms with Gasteiger partial charge in [0.1, 0.15) is 11.6 Å². The van der Waals surface area contributed by atoms with Gasteiger partial charge in [0.05, 0.1) is 0 Å². The van der Waals surface area contributed by atoms with Gasteiger partial charge in [-0.05, 0) is 6.42 Å². The third kappa shape index (κ3) is 14.4. The van der Waals surface area contributed by atoms with Crippen molar-refractivity contribution < 1.29 is 42.3 Å². The Kier molecular flexibility index (Phi) is 18.3. The monoisotopic (exact) mass is 301 g/mol. The molecule has 0 atom stereocenters. The van der Waals surface area contributed by atoms with E-state index >= 15 is 0 Å². The number of ketones is 2. The van der Waals surface area contributed by atoms with Crippen molar-refractivity contribution >= 4 is 11.6 Å². The van der Waals surface area contributed by atoms with Gasteiger partial charge in [-0.25, -0.2) is 0 Å². The second kappa shape index (κ2) is 13.5. The molecule has 0 aromatic heterocycles. The normalized spacial score (nSPS) is 9.25. The van der Waals surface area contributed by atoms with E-state index in [2.05, 4.69) is 13.8 Å². The quantitative estimate of drug-likeness (QED) is 0.730. The minimum Gasteiger partial charge on any atom is -0.343 e. The standard InChI is InChI=1S/C7H13O.C6H11O.Y/c1-4-5-7(8)6(2)3;1-4-6(7)5(2)3;/h6H,1,4-5H2,2-3H3;5H,1,4H2,2-3H3;/q2*-1;. The van der Waals surface area contributed by atoms with E-state index < -0.39 is 0 Å². The van der Waals surface area contributed by atoms with Crippen molar-refractivity contribution in [1.29, 1.82) is 0 Å². The number of Topliss-reactive ketones (excluding diaryl/α,β-unsaturated/α-hetero) is 2.